The van der Waals surface area contributed by atoms with Crippen LogP contribution in [0.15, 0.2) is 84.9 Å². The predicted molar refractivity (Wildman–Crippen MR) is 130 cm³/mol. The molecule has 0 atom stereocenters. The second-order valence-electron chi connectivity index (χ2n) is 7.99. The van der Waals surface area contributed by atoms with Gasteiger partial charge in [0.2, 0.25) is 0 Å². The lowest BCUT2D eigenvalue weighted by molar-refractivity contribution is 0.152. The first-order valence-electron chi connectivity index (χ1n) is 10.5. The Morgan fingerprint density at radius 3 is 1.70 bits per heavy atom. The van der Waals surface area contributed by atoms with E-state index < -0.39 is 0 Å². The Morgan fingerprint density at radius 1 is 0.733 bits per heavy atom. The molecule has 30 heavy (non-hydrogen) atoms. The van der Waals surface area contributed by atoms with Gasteiger partial charge in [-0.1, -0.05) is 72.9 Å². The Morgan fingerprint density at radius 2 is 1.23 bits per heavy atom. The molecule has 4 heteroatoms. The average molecular weight is 416 g/mol. The van der Waals surface area contributed by atoms with Gasteiger partial charge in [0.25, 0.3) is 0 Å². The molecule has 1 fully saturated rings. The molecule has 154 valence electrons. The molecule has 1 aliphatic rings. The minimum atomic E-state index is 0.280. The monoisotopic (exact) mass is 415 g/mol. The molecule has 0 bridgehead atoms. The van der Waals surface area contributed by atoms with Gasteiger partial charge in [0.05, 0.1) is 6.04 Å². The molecular weight excluding hydrogens is 386 g/mol. The molecule has 3 aromatic rings. The van der Waals surface area contributed by atoms with Crippen LogP contribution in [0.1, 0.15) is 22.7 Å². The van der Waals surface area contributed by atoms with Crippen molar-refractivity contribution in [3.05, 3.63) is 102 Å². The van der Waals surface area contributed by atoms with E-state index in [4.69, 9.17) is 12.2 Å². The maximum atomic E-state index is 5.83. The van der Waals surface area contributed by atoms with Crippen molar-refractivity contribution >= 4 is 22.9 Å². The van der Waals surface area contributed by atoms with Crippen molar-refractivity contribution in [2.75, 3.05) is 45.2 Å². The fraction of sp³-hybridized carbons (Fsp3) is 0.269. The molecule has 3 aromatic carbocycles. The van der Waals surface area contributed by atoms with Crippen LogP contribution < -0.4 is 4.90 Å². The van der Waals surface area contributed by atoms with Gasteiger partial charge >= 0.3 is 0 Å². The topological polar surface area (TPSA) is 9.72 Å². The first kappa shape index (κ1) is 20.6. The summed E-state index contributed by atoms with van der Waals surface area (Å²) >= 11 is 5.83. The molecule has 0 unspecified atom stereocenters. The third kappa shape index (κ3) is 4.55. The van der Waals surface area contributed by atoms with Crippen LogP contribution in [0.25, 0.3) is 0 Å². The number of thiocarbonyl (C=S) groups is 1. The molecule has 0 saturated carbocycles. The highest BCUT2D eigenvalue weighted by Crippen LogP contribution is 2.29. The molecule has 0 spiro atoms. The van der Waals surface area contributed by atoms with E-state index in [-0.39, 0.29) is 6.04 Å². The highest BCUT2D eigenvalue weighted by Gasteiger charge is 2.27. The van der Waals surface area contributed by atoms with Crippen LogP contribution in [0, 0.1) is 0 Å². The van der Waals surface area contributed by atoms with Crippen molar-refractivity contribution in [2.24, 2.45) is 0 Å². The molecular formula is C26H29N3S. The summed E-state index contributed by atoms with van der Waals surface area (Å²) in [5.74, 6) is 0. The smallest absolute Gasteiger partial charge is 0.109 e. The lowest BCUT2D eigenvalue weighted by Crippen LogP contribution is -2.49. The van der Waals surface area contributed by atoms with Crippen molar-refractivity contribution in [3.8, 4) is 0 Å². The third-order valence-corrected chi connectivity index (χ3v) is 6.32. The predicted octanol–water partition coefficient (Wildman–Crippen LogP) is 4.84. The number of rotatable bonds is 5. The van der Waals surface area contributed by atoms with E-state index >= 15 is 0 Å². The molecule has 0 aliphatic carbocycles. The number of hydrogen-bond donors (Lipinski definition) is 0. The zero-order valence-corrected chi connectivity index (χ0v) is 18.6. The van der Waals surface area contributed by atoms with Crippen molar-refractivity contribution in [2.45, 2.75) is 6.04 Å². The summed E-state index contributed by atoms with van der Waals surface area (Å²) in [6, 6.07) is 30.5. The fourth-order valence-electron chi connectivity index (χ4n) is 4.15. The molecule has 0 aromatic heterocycles. The van der Waals surface area contributed by atoms with E-state index in [2.05, 4.69) is 114 Å². The number of benzene rings is 3. The quantitative estimate of drug-likeness (QED) is 0.552. The average Bonchev–Trinajstić information content (AvgIpc) is 2.81. The number of hydrogen-bond acceptors (Lipinski definition) is 3. The van der Waals surface area contributed by atoms with Crippen LogP contribution in [0.3, 0.4) is 0 Å². The molecule has 4 rings (SSSR count). The standard InChI is InChI=1S/C26H29N3S/c1-27(2)24-15-13-23(14-16-24)26(30)29-19-17-28(18-20-29)25(21-9-5-3-6-10-21)22-11-7-4-8-12-22/h3-16,25H,17-20H2,1-2H3. The Hall–Kier alpha value is -2.69. The summed E-state index contributed by atoms with van der Waals surface area (Å²) in [4.78, 5) is 8.00. The van der Waals surface area contributed by atoms with Gasteiger partial charge in [-0.05, 0) is 35.4 Å². The maximum Gasteiger partial charge on any atom is 0.109 e. The van der Waals surface area contributed by atoms with E-state index in [1.54, 1.807) is 0 Å². The summed E-state index contributed by atoms with van der Waals surface area (Å²) in [7, 11) is 4.12. The first-order valence-corrected chi connectivity index (χ1v) is 10.9. The lowest BCUT2D eigenvalue weighted by atomic mass is 9.96. The second-order valence-corrected chi connectivity index (χ2v) is 8.38. The number of piperazine rings is 1. The normalized spacial score (nSPS) is 14.7. The molecule has 3 nitrogen and oxygen atoms in total. The van der Waals surface area contributed by atoms with Crippen molar-refractivity contribution in [1.82, 2.24) is 9.80 Å². The highest BCUT2D eigenvalue weighted by atomic mass is 32.1. The number of anilines is 1. The van der Waals surface area contributed by atoms with Crippen molar-refractivity contribution in [1.29, 1.82) is 0 Å². The maximum absolute atomic E-state index is 5.83. The van der Waals surface area contributed by atoms with Crippen LogP contribution in [0.5, 0.6) is 0 Å². The molecule has 0 amide bonds. The van der Waals surface area contributed by atoms with Crippen LogP contribution in [0.2, 0.25) is 0 Å². The third-order valence-electron chi connectivity index (χ3n) is 5.83. The Labute approximate surface area is 185 Å². The van der Waals surface area contributed by atoms with E-state index in [9.17, 15) is 0 Å². The van der Waals surface area contributed by atoms with Crippen molar-refractivity contribution < 1.29 is 0 Å². The zero-order chi connectivity index (χ0) is 20.9. The van der Waals surface area contributed by atoms with E-state index in [1.807, 2.05) is 0 Å². The van der Waals surface area contributed by atoms with Gasteiger partial charge in [-0.2, -0.15) is 0 Å². The minimum absolute atomic E-state index is 0.280. The van der Waals surface area contributed by atoms with Gasteiger partial charge in [0, 0.05) is 51.5 Å². The lowest BCUT2D eigenvalue weighted by Gasteiger charge is -2.40. The fourth-order valence-corrected chi connectivity index (χ4v) is 4.47. The summed E-state index contributed by atoms with van der Waals surface area (Å²) in [6.07, 6.45) is 0. The SMILES string of the molecule is CN(C)c1ccc(C(=S)N2CCN(C(c3ccccc3)c3ccccc3)CC2)cc1. The summed E-state index contributed by atoms with van der Waals surface area (Å²) in [5.41, 5.74) is 5.02. The zero-order valence-electron chi connectivity index (χ0n) is 17.7. The van der Waals surface area contributed by atoms with Crippen LogP contribution >= 0.6 is 12.2 Å². The van der Waals surface area contributed by atoms with Gasteiger partial charge in [-0.3, -0.25) is 4.90 Å². The minimum Gasteiger partial charge on any atom is -0.378 e. The first-order chi connectivity index (χ1) is 14.6. The van der Waals surface area contributed by atoms with Gasteiger partial charge in [-0.15, -0.1) is 0 Å². The summed E-state index contributed by atoms with van der Waals surface area (Å²) in [6.45, 7) is 3.88. The molecule has 1 saturated heterocycles. The number of nitrogens with zero attached hydrogens (tertiary/aromatic N) is 3. The Bertz CT molecular complexity index is 907. The van der Waals surface area contributed by atoms with Crippen molar-refractivity contribution in [3.63, 3.8) is 0 Å². The molecule has 0 N–H and O–H groups in total. The van der Waals surface area contributed by atoms with E-state index in [0.717, 1.165) is 36.7 Å². The molecule has 0 radical (unpaired) electrons. The molecule has 1 heterocycles. The van der Waals surface area contributed by atoms with E-state index in [0.29, 0.717) is 0 Å². The van der Waals surface area contributed by atoms with Gasteiger partial charge in [-0.25, -0.2) is 0 Å². The van der Waals surface area contributed by atoms with Crippen LogP contribution in [-0.2, 0) is 0 Å². The Kier molecular flexibility index (Phi) is 6.46. The summed E-state index contributed by atoms with van der Waals surface area (Å²) in [5, 5.41) is 0. The van der Waals surface area contributed by atoms with Crippen LogP contribution in [0.4, 0.5) is 5.69 Å². The van der Waals surface area contributed by atoms with Gasteiger partial charge in [0.15, 0.2) is 0 Å². The largest absolute Gasteiger partial charge is 0.378 e. The molecule has 1 aliphatic heterocycles. The Balaban J connectivity index is 1.47. The summed E-state index contributed by atoms with van der Waals surface area (Å²) < 4.78 is 0. The van der Waals surface area contributed by atoms with E-state index in [1.165, 1.54) is 16.8 Å². The van der Waals surface area contributed by atoms with Crippen LogP contribution in [-0.4, -0.2) is 55.1 Å². The second kappa shape index (κ2) is 9.41. The van der Waals surface area contributed by atoms with Gasteiger partial charge < -0.3 is 9.80 Å². The van der Waals surface area contributed by atoms with Gasteiger partial charge in [0.1, 0.15) is 4.99 Å². The highest BCUT2D eigenvalue weighted by molar-refractivity contribution is 7.80.